The fourth-order valence-electron chi connectivity index (χ4n) is 2.96. The molecule has 2 N–H and O–H groups in total. The molecule has 33 heavy (non-hydrogen) atoms. The maximum atomic E-state index is 13.4. The van der Waals surface area contributed by atoms with E-state index in [-0.39, 0.29) is 5.82 Å². The van der Waals surface area contributed by atoms with Gasteiger partial charge in [0.1, 0.15) is 11.5 Å². The number of hydrogen-bond donors (Lipinski definition) is 2. The zero-order valence-electron chi connectivity index (χ0n) is 17.1. The van der Waals surface area contributed by atoms with E-state index >= 15 is 0 Å². The van der Waals surface area contributed by atoms with E-state index in [1.165, 1.54) is 18.3 Å². The summed E-state index contributed by atoms with van der Waals surface area (Å²) < 4.78 is 15.0. The Bertz CT molecular complexity index is 1300. The Balaban J connectivity index is 1.52. The van der Waals surface area contributed by atoms with E-state index in [0.717, 1.165) is 5.69 Å². The molecular weight excluding hydrogens is 445 g/mol. The van der Waals surface area contributed by atoms with Gasteiger partial charge in [0, 0.05) is 28.0 Å². The minimum atomic E-state index is -0.944. The average molecular weight is 462 g/mol. The van der Waals surface area contributed by atoms with Crippen LogP contribution in [0.5, 0.6) is 0 Å². The minimum absolute atomic E-state index is 0.365. The smallest absolute Gasteiger partial charge is 0.318 e. The van der Waals surface area contributed by atoms with Crippen molar-refractivity contribution >= 4 is 35.3 Å². The molecule has 9 heteroatoms. The van der Waals surface area contributed by atoms with Crippen molar-refractivity contribution < 1.29 is 14.0 Å². The van der Waals surface area contributed by atoms with Gasteiger partial charge in [-0.2, -0.15) is 10.2 Å². The highest BCUT2D eigenvalue weighted by Gasteiger charge is 2.14. The summed E-state index contributed by atoms with van der Waals surface area (Å²) in [6.45, 7) is 0. The van der Waals surface area contributed by atoms with Crippen LogP contribution >= 0.6 is 11.6 Å². The Morgan fingerprint density at radius 3 is 2.33 bits per heavy atom. The van der Waals surface area contributed by atoms with Gasteiger partial charge in [-0.1, -0.05) is 29.8 Å². The summed E-state index contributed by atoms with van der Waals surface area (Å²) >= 11 is 5.81. The van der Waals surface area contributed by atoms with Gasteiger partial charge in [-0.05, 0) is 60.7 Å². The van der Waals surface area contributed by atoms with Gasteiger partial charge in [0.25, 0.3) is 0 Å². The highest BCUT2D eigenvalue weighted by atomic mass is 35.5. The average Bonchev–Trinajstić information content (AvgIpc) is 3.25. The first-order chi connectivity index (χ1) is 16.0. The number of hydrogen-bond acceptors (Lipinski definition) is 4. The van der Waals surface area contributed by atoms with Crippen molar-refractivity contribution in [2.45, 2.75) is 0 Å². The molecule has 0 atom stereocenters. The van der Waals surface area contributed by atoms with Crippen LogP contribution in [0.2, 0.25) is 5.02 Å². The van der Waals surface area contributed by atoms with Crippen molar-refractivity contribution in [2.24, 2.45) is 5.10 Å². The van der Waals surface area contributed by atoms with E-state index in [1.54, 1.807) is 47.3 Å². The van der Waals surface area contributed by atoms with E-state index in [1.807, 2.05) is 30.3 Å². The van der Waals surface area contributed by atoms with Crippen LogP contribution in [0.4, 0.5) is 10.1 Å². The molecule has 0 aliphatic rings. The molecule has 0 aliphatic heterocycles. The molecule has 4 rings (SSSR count). The summed E-state index contributed by atoms with van der Waals surface area (Å²) in [5.41, 5.74) is 5.18. The molecule has 0 bridgehead atoms. The lowest BCUT2D eigenvalue weighted by atomic mass is 10.1. The number of anilines is 1. The Kier molecular flexibility index (Phi) is 6.56. The van der Waals surface area contributed by atoms with Crippen LogP contribution in [-0.4, -0.2) is 27.8 Å². The lowest BCUT2D eigenvalue weighted by Gasteiger charge is -2.03. The molecular formula is C24H17ClFN5O2. The summed E-state index contributed by atoms with van der Waals surface area (Å²) in [6, 6.07) is 21.6. The molecule has 0 radical (unpaired) electrons. The first-order valence-electron chi connectivity index (χ1n) is 9.80. The number of carbonyl (C=O) groups excluding carboxylic acids is 2. The molecule has 4 aromatic rings. The number of nitrogens with zero attached hydrogens (tertiary/aromatic N) is 3. The number of para-hydroxylation sites is 1. The van der Waals surface area contributed by atoms with Crippen LogP contribution in [0.1, 0.15) is 5.56 Å². The zero-order valence-corrected chi connectivity index (χ0v) is 17.8. The first-order valence-corrected chi connectivity index (χ1v) is 10.2. The fraction of sp³-hybridized carbons (Fsp3) is 0. The van der Waals surface area contributed by atoms with E-state index in [0.29, 0.717) is 27.5 Å². The molecule has 0 saturated carbocycles. The van der Waals surface area contributed by atoms with Crippen molar-refractivity contribution in [3.8, 4) is 16.9 Å². The number of rotatable bonds is 5. The standard InChI is InChI=1S/C24H17ClFN5O2/c25-18-8-12-20(13-9-18)28-23(32)24(33)29-27-14-17-15-31(21-4-2-1-3-5-21)30-22(17)16-6-10-19(26)11-7-16/h1-15H,(H,28,32)(H,29,33)/b27-14+. The van der Waals surface area contributed by atoms with Crippen LogP contribution in [0.3, 0.4) is 0 Å². The Labute approximate surface area is 193 Å². The molecule has 164 valence electrons. The van der Waals surface area contributed by atoms with Crippen LogP contribution in [0.15, 0.2) is 90.2 Å². The van der Waals surface area contributed by atoms with E-state index < -0.39 is 11.8 Å². The maximum Gasteiger partial charge on any atom is 0.329 e. The number of hydrazone groups is 1. The minimum Gasteiger partial charge on any atom is -0.318 e. The quantitative estimate of drug-likeness (QED) is 0.262. The normalized spacial score (nSPS) is 10.8. The highest BCUT2D eigenvalue weighted by Crippen LogP contribution is 2.23. The molecule has 0 aliphatic carbocycles. The predicted molar refractivity (Wildman–Crippen MR) is 125 cm³/mol. The van der Waals surface area contributed by atoms with Crippen molar-refractivity contribution in [3.05, 3.63) is 101 Å². The van der Waals surface area contributed by atoms with Gasteiger partial charge in [0.15, 0.2) is 0 Å². The van der Waals surface area contributed by atoms with Gasteiger partial charge in [-0.25, -0.2) is 14.5 Å². The molecule has 7 nitrogen and oxygen atoms in total. The van der Waals surface area contributed by atoms with Crippen molar-refractivity contribution in [1.82, 2.24) is 15.2 Å². The number of benzene rings is 3. The fourth-order valence-corrected chi connectivity index (χ4v) is 3.09. The van der Waals surface area contributed by atoms with Crippen LogP contribution in [0, 0.1) is 5.82 Å². The van der Waals surface area contributed by atoms with E-state index in [2.05, 4.69) is 20.9 Å². The van der Waals surface area contributed by atoms with Gasteiger partial charge in [0.2, 0.25) is 0 Å². The largest absolute Gasteiger partial charge is 0.329 e. The van der Waals surface area contributed by atoms with Crippen LogP contribution in [-0.2, 0) is 9.59 Å². The summed E-state index contributed by atoms with van der Waals surface area (Å²) in [7, 11) is 0. The molecule has 3 aromatic carbocycles. The predicted octanol–water partition coefficient (Wildman–Crippen LogP) is 4.42. The Morgan fingerprint density at radius 2 is 1.64 bits per heavy atom. The second-order valence-electron chi connectivity index (χ2n) is 6.88. The number of halogens is 2. The lowest BCUT2D eigenvalue weighted by Crippen LogP contribution is -2.32. The molecule has 2 amide bonds. The Morgan fingerprint density at radius 1 is 0.939 bits per heavy atom. The summed E-state index contributed by atoms with van der Waals surface area (Å²) in [6.07, 6.45) is 3.09. The van der Waals surface area contributed by atoms with Crippen molar-refractivity contribution in [1.29, 1.82) is 0 Å². The third kappa shape index (κ3) is 5.50. The van der Waals surface area contributed by atoms with Gasteiger partial charge < -0.3 is 5.32 Å². The molecule has 0 unspecified atom stereocenters. The summed E-state index contributed by atoms with van der Waals surface area (Å²) in [4.78, 5) is 24.2. The first kappa shape index (κ1) is 21.9. The SMILES string of the molecule is O=C(N/N=C/c1cn(-c2ccccc2)nc1-c1ccc(F)cc1)C(=O)Nc1ccc(Cl)cc1. The number of carbonyl (C=O) groups is 2. The second kappa shape index (κ2) is 9.88. The van der Waals surface area contributed by atoms with Crippen LogP contribution in [0.25, 0.3) is 16.9 Å². The van der Waals surface area contributed by atoms with Gasteiger partial charge in [0.05, 0.1) is 11.9 Å². The monoisotopic (exact) mass is 461 g/mol. The summed E-state index contributed by atoms with van der Waals surface area (Å²) in [5, 5.41) is 11.4. The van der Waals surface area contributed by atoms with E-state index in [4.69, 9.17) is 11.6 Å². The number of nitrogens with one attached hydrogen (secondary N) is 2. The third-order valence-corrected chi connectivity index (χ3v) is 4.81. The molecule has 0 spiro atoms. The van der Waals surface area contributed by atoms with Crippen molar-refractivity contribution in [2.75, 3.05) is 5.32 Å². The van der Waals surface area contributed by atoms with Gasteiger partial charge >= 0.3 is 11.8 Å². The zero-order chi connectivity index (χ0) is 23.2. The number of aromatic nitrogens is 2. The van der Waals surface area contributed by atoms with Gasteiger partial charge in [-0.3, -0.25) is 9.59 Å². The third-order valence-electron chi connectivity index (χ3n) is 4.56. The van der Waals surface area contributed by atoms with Crippen molar-refractivity contribution in [3.63, 3.8) is 0 Å². The highest BCUT2D eigenvalue weighted by molar-refractivity contribution is 6.39. The lowest BCUT2D eigenvalue weighted by molar-refractivity contribution is -0.136. The molecule has 0 saturated heterocycles. The Hall–Kier alpha value is -4.30. The topological polar surface area (TPSA) is 88.4 Å². The molecule has 0 fully saturated rings. The van der Waals surface area contributed by atoms with Gasteiger partial charge in [-0.15, -0.1) is 0 Å². The molecule has 1 aromatic heterocycles. The molecule has 1 heterocycles. The second-order valence-corrected chi connectivity index (χ2v) is 7.32. The summed E-state index contributed by atoms with van der Waals surface area (Å²) in [5.74, 6) is -2.19. The number of amides is 2. The maximum absolute atomic E-state index is 13.4. The van der Waals surface area contributed by atoms with Crippen LogP contribution < -0.4 is 10.7 Å². The van der Waals surface area contributed by atoms with E-state index in [9.17, 15) is 14.0 Å².